The van der Waals surface area contributed by atoms with E-state index in [-0.39, 0.29) is 53.9 Å². The molecule has 5 rings (SSSR count). The summed E-state index contributed by atoms with van der Waals surface area (Å²) in [6, 6.07) is 13.2. The van der Waals surface area contributed by atoms with E-state index in [4.69, 9.17) is 27.8 Å². The van der Waals surface area contributed by atoms with Crippen molar-refractivity contribution in [1.29, 1.82) is 0 Å². The van der Waals surface area contributed by atoms with E-state index in [9.17, 15) is 19.5 Å². The molecule has 1 atom stereocenters. The lowest BCUT2D eigenvalue weighted by atomic mass is 9.93. The van der Waals surface area contributed by atoms with Crippen LogP contribution in [-0.2, 0) is 22.6 Å². The number of aromatic nitrogens is 2. The highest BCUT2D eigenvalue weighted by atomic mass is 35.5. The lowest BCUT2D eigenvalue weighted by Gasteiger charge is -2.31. The van der Waals surface area contributed by atoms with Crippen LogP contribution in [0.3, 0.4) is 0 Å². The summed E-state index contributed by atoms with van der Waals surface area (Å²) in [4.78, 5) is 42.9. The van der Waals surface area contributed by atoms with Crippen molar-refractivity contribution in [2.24, 2.45) is 16.5 Å². The van der Waals surface area contributed by atoms with Crippen molar-refractivity contribution < 1.29 is 28.6 Å². The number of carboxylic acids is 1. The minimum Gasteiger partial charge on any atom is -0.493 e. The number of nitrogens with zero attached hydrogens (tertiary/aromatic N) is 4. The number of amides is 2. The average molecular weight is 732 g/mol. The summed E-state index contributed by atoms with van der Waals surface area (Å²) >= 11 is 6.46. The number of carboxylic acid groups (broad SMARTS) is 1. The van der Waals surface area contributed by atoms with E-state index in [1.165, 1.54) is 11.6 Å². The number of guanidine groups is 1. The SMILES string of the molecule is Cc1cccc(OCCCC(=O)N2CCCc3c(-c4cnn(Cc5c(F)cc(C(=O)NCCC[C@H](N=C(N)N)C(=O)O)cc5Cl)c4)cccc32)c1C. The van der Waals surface area contributed by atoms with E-state index in [2.05, 4.69) is 15.4 Å². The van der Waals surface area contributed by atoms with Crippen molar-refractivity contribution in [1.82, 2.24) is 15.1 Å². The van der Waals surface area contributed by atoms with Crippen LogP contribution in [0.2, 0.25) is 5.02 Å². The summed E-state index contributed by atoms with van der Waals surface area (Å²) in [5, 5.41) is 16.4. The van der Waals surface area contributed by atoms with Gasteiger partial charge in [-0.2, -0.15) is 5.10 Å². The minimum atomic E-state index is -1.18. The van der Waals surface area contributed by atoms with Gasteiger partial charge in [-0.3, -0.25) is 14.3 Å². The number of nitrogens with one attached hydrogen (secondary N) is 1. The fraction of sp³-hybridized carbons (Fsp3) is 0.342. The van der Waals surface area contributed by atoms with E-state index < -0.39 is 23.7 Å². The number of hydrogen-bond donors (Lipinski definition) is 4. The van der Waals surface area contributed by atoms with E-state index in [1.54, 1.807) is 10.9 Å². The van der Waals surface area contributed by atoms with Gasteiger partial charge in [-0.1, -0.05) is 35.9 Å². The highest BCUT2D eigenvalue weighted by molar-refractivity contribution is 6.31. The molecule has 0 spiro atoms. The molecule has 0 aliphatic carbocycles. The van der Waals surface area contributed by atoms with Gasteiger partial charge in [-0.05, 0) is 92.5 Å². The maximum Gasteiger partial charge on any atom is 0.328 e. The zero-order valence-electron chi connectivity index (χ0n) is 29.2. The first kappa shape index (κ1) is 37.8. The maximum absolute atomic E-state index is 15.3. The van der Waals surface area contributed by atoms with Gasteiger partial charge in [0.05, 0.1) is 19.3 Å². The van der Waals surface area contributed by atoms with E-state index in [0.29, 0.717) is 26.0 Å². The number of ether oxygens (including phenoxy) is 1. The van der Waals surface area contributed by atoms with Crippen LogP contribution < -0.4 is 26.4 Å². The van der Waals surface area contributed by atoms with Crippen molar-refractivity contribution >= 4 is 41.0 Å². The third-order valence-corrected chi connectivity index (χ3v) is 9.43. The van der Waals surface area contributed by atoms with Crippen LogP contribution in [-0.4, -0.2) is 64.4 Å². The van der Waals surface area contributed by atoms with E-state index >= 15 is 4.39 Å². The Labute approximate surface area is 306 Å². The van der Waals surface area contributed by atoms with Crippen molar-refractivity contribution in [2.45, 2.75) is 65.0 Å². The van der Waals surface area contributed by atoms with E-state index in [0.717, 1.165) is 52.6 Å². The van der Waals surface area contributed by atoms with Gasteiger partial charge in [0.15, 0.2) is 12.0 Å². The number of carbonyl (C=O) groups excluding carboxylic acids is 2. The number of halogens is 2. The molecule has 52 heavy (non-hydrogen) atoms. The van der Waals surface area contributed by atoms with Gasteiger partial charge in [-0.15, -0.1) is 0 Å². The Morgan fingerprint density at radius 2 is 1.92 bits per heavy atom. The van der Waals surface area contributed by atoms with Crippen molar-refractivity contribution in [3.63, 3.8) is 0 Å². The molecule has 0 fully saturated rings. The number of benzene rings is 3. The summed E-state index contributed by atoms with van der Waals surface area (Å²) < 4.78 is 22.9. The Hall–Kier alpha value is -5.43. The molecule has 0 saturated heterocycles. The summed E-state index contributed by atoms with van der Waals surface area (Å²) in [6.07, 6.45) is 6.49. The highest BCUT2D eigenvalue weighted by Gasteiger charge is 2.25. The fourth-order valence-electron chi connectivity index (χ4n) is 6.23. The second-order valence-electron chi connectivity index (χ2n) is 12.8. The quantitative estimate of drug-likeness (QED) is 0.0715. The molecular weight excluding hydrogens is 689 g/mol. The lowest BCUT2D eigenvalue weighted by molar-refractivity contribution is -0.138. The minimum absolute atomic E-state index is 0.0235. The first-order valence-electron chi connectivity index (χ1n) is 17.1. The normalized spacial score (nSPS) is 12.9. The van der Waals surface area contributed by atoms with Crippen LogP contribution in [0.5, 0.6) is 5.75 Å². The second-order valence-corrected chi connectivity index (χ2v) is 13.2. The predicted molar refractivity (Wildman–Crippen MR) is 198 cm³/mol. The Balaban J connectivity index is 1.20. The van der Waals surface area contributed by atoms with Crippen LogP contribution in [0, 0.1) is 19.7 Å². The monoisotopic (exact) mass is 731 g/mol. The Bertz CT molecular complexity index is 1950. The number of aliphatic imine (C=N–C) groups is 1. The van der Waals surface area contributed by atoms with Crippen LogP contribution in [0.15, 0.2) is 65.9 Å². The number of carbonyl (C=O) groups is 3. The second kappa shape index (κ2) is 17.2. The molecule has 0 unspecified atom stereocenters. The number of nitrogens with two attached hydrogens (primary N) is 2. The van der Waals surface area contributed by atoms with Gasteiger partial charge in [0.2, 0.25) is 5.91 Å². The largest absolute Gasteiger partial charge is 0.493 e. The smallest absolute Gasteiger partial charge is 0.328 e. The number of fused-ring (bicyclic) bond motifs is 1. The zero-order valence-corrected chi connectivity index (χ0v) is 30.0. The standard InChI is InChI=1S/C38H43ClFN7O5/c1-23-8-3-13-34(24(23)2)52-17-7-14-35(48)47-16-6-10-28-27(9-4-12-33(28)47)26-20-44-46(21-26)22-29-30(39)18-25(19-31(29)40)36(49)43-15-5-11-32(37(50)51)45-38(41)42/h3-4,8-9,12-13,18-21,32H,5-7,10-11,14-17,22H2,1-2H3,(H,43,49)(H,50,51)(H4,41,42,45)/t32-/m0/s1. The first-order chi connectivity index (χ1) is 24.9. The summed E-state index contributed by atoms with van der Waals surface area (Å²) in [5.41, 5.74) is 16.7. The predicted octanol–water partition coefficient (Wildman–Crippen LogP) is 5.38. The van der Waals surface area contributed by atoms with Crippen LogP contribution in [0.25, 0.3) is 11.1 Å². The number of hydrogen-bond acceptors (Lipinski definition) is 6. The molecule has 1 aliphatic rings. The number of aliphatic carboxylic acids is 1. The van der Waals surface area contributed by atoms with Crippen LogP contribution in [0.4, 0.5) is 10.1 Å². The number of aryl methyl sites for hydroxylation is 1. The molecule has 1 aromatic heterocycles. The summed E-state index contributed by atoms with van der Waals surface area (Å²) in [6.45, 7) is 5.32. The Morgan fingerprint density at radius 3 is 2.67 bits per heavy atom. The van der Waals surface area contributed by atoms with Gasteiger partial charge in [-0.25, -0.2) is 14.2 Å². The topological polar surface area (TPSA) is 178 Å². The van der Waals surface area contributed by atoms with Gasteiger partial charge >= 0.3 is 5.97 Å². The van der Waals surface area contributed by atoms with Gasteiger partial charge in [0.1, 0.15) is 11.6 Å². The van der Waals surface area contributed by atoms with Crippen LogP contribution in [0.1, 0.15) is 64.7 Å². The molecule has 6 N–H and O–H groups in total. The number of anilines is 1. The molecule has 0 bridgehead atoms. The van der Waals surface area contributed by atoms with Crippen molar-refractivity contribution in [3.05, 3.63) is 99.6 Å². The molecular formula is C38H43ClFN7O5. The molecule has 14 heteroatoms. The lowest BCUT2D eigenvalue weighted by Crippen LogP contribution is -2.35. The average Bonchev–Trinajstić information content (AvgIpc) is 3.58. The Kier molecular flexibility index (Phi) is 12.5. The third kappa shape index (κ3) is 9.26. The summed E-state index contributed by atoms with van der Waals surface area (Å²) in [5.74, 6) is -1.86. The van der Waals surface area contributed by atoms with Crippen molar-refractivity contribution in [3.8, 4) is 16.9 Å². The Morgan fingerprint density at radius 1 is 1.13 bits per heavy atom. The molecule has 4 aromatic rings. The molecule has 3 aromatic carbocycles. The number of rotatable bonds is 15. The van der Waals surface area contributed by atoms with Gasteiger partial charge in [0, 0.05) is 53.1 Å². The summed E-state index contributed by atoms with van der Waals surface area (Å²) in [7, 11) is 0. The van der Waals surface area contributed by atoms with Crippen LogP contribution >= 0.6 is 11.6 Å². The first-order valence-corrected chi connectivity index (χ1v) is 17.5. The van der Waals surface area contributed by atoms with Gasteiger partial charge < -0.3 is 31.5 Å². The molecule has 12 nitrogen and oxygen atoms in total. The third-order valence-electron chi connectivity index (χ3n) is 9.10. The molecule has 0 radical (unpaired) electrons. The molecule has 274 valence electrons. The van der Waals surface area contributed by atoms with E-state index in [1.807, 2.05) is 61.3 Å². The molecule has 2 amide bonds. The zero-order chi connectivity index (χ0) is 37.4. The maximum atomic E-state index is 15.3. The molecule has 0 saturated carbocycles. The molecule has 2 heterocycles. The van der Waals surface area contributed by atoms with Gasteiger partial charge in [0.25, 0.3) is 5.91 Å². The fourth-order valence-corrected chi connectivity index (χ4v) is 6.50. The van der Waals surface area contributed by atoms with Crippen molar-refractivity contribution in [2.75, 3.05) is 24.6 Å². The highest BCUT2D eigenvalue weighted by Crippen LogP contribution is 2.36. The molecule has 1 aliphatic heterocycles.